The van der Waals surface area contributed by atoms with Crippen molar-refractivity contribution in [2.24, 2.45) is 0 Å². The highest BCUT2D eigenvalue weighted by molar-refractivity contribution is 7.98. The van der Waals surface area contributed by atoms with Gasteiger partial charge in [-0.15, -0.1) is 10.2 Å². The number of nitrogens with zero attached hydrogens (tertiary/aromatic N) is 4. The maximum Gasteiger partial charge on any atom is 0.212 e. The van der Waals surface area contributed by atoms with Crippen LogP contribution in [0.15, 0.2) is 59.8 Å². The van der Waals surface area contributed by atoms with E-state index in [1.165, 1.54) is 36.0 Å². The average molecular weight is 372 g/mol. The number of hydrogen-bond donors (Lipinski definition) is 0. The van der Waals surface area contributed by atoms with Crippen LogP contribution in [0.5, 0.6) is 0 Å². The van der Waals surface area contributed by atoms with Gasteiger partial charge in [0.05, 0.1) is 5.69 Å². The molecule has 130 valence electrons. The predicted molar refractivity (Wildman–Crippen MR) is 92.1 cm³/mol. The Morgan fingerprint density at radius 2 is 1.54 bits per heavy atom. The van der Waals surface area contributed by atoms with Gasteiger partial charge in [0.25, 0.3) is 0 Å². The molecule has 0 atom stereocenters. The molecule has 0 radical (unpaired) electrons. The Bertz CT molecular complexity index is 1060. The molecule has 0 bridgehead atoms. The molecule has 0 aliphatic heterocycles. The van der Waals surface area contributed by atoms with Crippen LogP contribution in [0.3, 0.4) is 0 Å². The largest absolute Gasteiger partial charge is 0.212 e. The fraction of sp³-hybridized carbons (Fsp3) is 0.0556. The second-order valence-corrected chi connectivity index (χ2v) is 6.49. The van der Waals surface area contributed by atoms with Gasteiger partial charge in [-0.05, 0) is 54.1 Å². The summed E-state index contributed by atoms with van der Waals surface area (Å²) in [6.07, 6.45) is 0. The standard InChI is InChI=1S/C18H11F3N4S/c19-13-3-1-12(2-4-13)16-5-6-17-22-23-18(25(17)24-16)26-10-11-7-14(20)9-15(21)8-11/h1-9H,10H2. The van der Waals surface area contributed by atoms with Crippen LogP contribution in [-0.2, 0) is 5.75 Å². The first kappa shape index (κ1) is 16.6. The number of rotatable bonds is 4. The molecule has 26 heavy (non-hydrogen) atoms. The van der Waals surface area contributed by atoms with E-state index in [1.807, 2.05) is 0 Å². The van der Waals surface area contributed by atoms with E-state index in [0.29, 0.717) is 27.8 Å². The maximum absolute atomic E-state index is 13.3. The zero-order valence-electron chi connectivity index (χ0n) is 13.2. The van der Waals surface area contributed by atoms with Crippen LogP contribution in [0.2, 0.25) is 0 Å². The second kappa shape index (κ2) is 6.80. The molecule has 0 saturated carbocycles. The molecule has 2 aromatic heterocycles. The summed E-state index contributed by atoms with van der Waals surface area (Å²) in [7, 11) is 0. The molecule has 4 aromatic rings. The number of hydrogen-bond acceptors (Lipinski definition) is 4. The fourth-order valence-electron chi connectivity index (χ4n) is 2.48. The summed E-state index contributed by atoms with van der Waals surface area (Å²) in [6, 6.07) is 12.9. The van der Waals surface area contributed by atoms with E-state index in [2.05, 4.69) is 15.3 Å². The van der Waals surface area contributed by atoms with Crippen molar-refractivity contribution in [1.82, 2.24) is 19.8 Å². The summed E-state index contributed by atoms with van der Waals surface area (Å²) in [5.74, 6) is -1.25. The van der Waals surface area contributed by atoms with E-state index in [1.54, 1.807) is 28.8 Å². The first-order valence-electron chi connectivity index (χ1n) is 7.65. The smallest absolute Gasteiger partial charge is 0.207 e. The van der Waals surface area contributed by atoms with Gasteiger partial charge in [-0.25, -0.2) is 13.2 Å². The van der Waals surface area contributed by atoms with Crippen molar-refractivity contribution in [3.05, 3.63) is 77.6 Å². The highest BCUT2D eigenvalue weighted by Crippen LogP contribution is 2.24. The van der Waals surface area contributed by atoms with Crippen LogP contribution in [0.4, 0.5) is 13.2 Å². The van der Waals surface area contributed by atoms with E-state index < -0.39 is 11.6 Å². The van der Waals surface area contributed by atoms with Crippen molar-refractivity contribution >= 4 is 17.4 Å². The minimum absolute atomic E-state index is 0.317. The van der Waals surface area contributed by atoms with Crippen molar-refractivity contribution in [3.8, 4) is 11.3 Å². The highest BCUT2D eigenvalue weighted by Gasteiger charge is 2.10. The van der Waals surface area contributed by atoms with Crippen LogP contribution >= 0.6 is 11.8 Å². The van der Waals surface area contributed by atoms with Gasteiger partial charge in [0.1, 0.15) is 17.5 Å². The number of benzene rings is 2. The Kier molecular flexibility index (Phi) is 4.34. The monoisotopic (exact) mass is 372 g/mol. The second-order valence-electron chi connectivity index (χ2n) is 5.54. The molecule has 2 aromatic carbocycles. The topological polar surface area (TPSA) is 43.1 Å². The minimum atomic E-state index is -0.622. The predicted octanol–water partition coefficient (Wildman–Crippen LogP) is 4.50. The Morgan fingerprint density at radius 3 is 2.27 bits per heavy atom. The minimum Gasteiger partial charge on any atom is -0.207 e. The molecule has 2 heterocycles. The van der Waals surface area contributed by atoms with E-state index in [9.17, 15) is 13.2 Å². The molecule has 0 unspecified atom stereocenters. The van der Waals surface area contributed by atoms with Crippen LogP contribution in [0.1, 0.15) is 5.56 Å². The van der Waals surface area contributed by atoms with Gasteiger partial charge in [-0.3, -0.25) is 0 Å². The molecule has 0 saturated heterocycles. The third-order valence-corrected chi connectivity index (χ3v) is 4.65. The third kappa shape index (κ3) is 3.41. The fourth-order valence-corrected chi connectivity index (χ4v) is 3.29. The molecule has 0 spiro atoms. The number of thioether (sulfide) groups is 1. The zero-order valence-corrected chi connectivity index (χ0v) is 14.1. The highest BCUT2D eigenvalue weighted by atomic mass is 32.2. The molecule has 0 N–H and O–H groups in total. The Morgan fingerprint density at radius 1 is 0.808 bits per heavy atom. The lowest BCUT2D eigenvalue weighted by atomic mass is 10.1. The molecule has 8 heteroatoms. The van der Waals surface area contributed by atoms with Crippen LogP contribution in [0.25, 0.3) is 16.9 Å². The Hall–Kier alpha value is -2.87. The van der Waals surface area contributed by atoms with Gasteiger partial charge in [0.2, 0.25) is 5.16 Å². The molecular formula is C18H11F3N4S. The Labute approximate surface area is 150 Å². The summed E-state index contributed by atoms with van der Waals surface area (Å²) < 4.78 is 41.2. The van der Waals surface area contributed by atoms with Crippen LogP contribution < -0.4 is 0 Å². The van der Waals surface area contributed by atoms with Crippen molar-refractivity contribution in [2.75, 3.05) is 0 Å². The summed E-state index contributed by atoms with van der Waals surface area (Å²) in [5.41, 5.74) is 2.43. The van der Waals surface area contributed by atoms with Crippen molar-refractivity contribution < 1.29 is 13.2 Å². The van der Waals surface area contributed by atoms with E-state index >= 15 is 0 Å². The van der Waals surface area contributed by atoms with Gasteiger partial charge in [0, 0.05) is 17.4 Å². The normalized spacial score (nSPS) is 11.2. The first-order chi connectivity index (χ1) is 12.6. The number of aromatic nitrogens is 4. The van der Waals surface area contributed by atoms with Crippen LogP contribution in [0, 0.1) is 17.5 Å². The SMILES string of the molecule is Fc1ccc(-c2ccc3nnc(SCc4cc(F)cc(F)c4)n3n2)cc1. The maximum atomic E-state index is 13.3. The molecule has 4 nitrogen and oxygen atoms in total. The van der Waals surface area contributed by atoms with Gasteiger partial charge in [-0.1, -0.05) is 11.8 Å². The zero-order chi connectivity index (χ0) is 18.1. The first-order valence-corrected chi connectivity index (χ1v) is 8.63. The van der Waals surface area contributed by atoms with Crippen molar-refractivity contribution in [3.63, 3.8) is 0 Å². The molecule has 0 aliphatic carbocycles. The Balaban J connectivity index is 1.63. The van der Waals surface area contributed by atoms with Gasteiger partial charge in [0.15, 0.2) is 5.65 Å². The lowest BCUT2D eigenvalue weighted by Gasteiger charge is -2.04. The van der Waals surface area contributed by atoms with E-state index in [-0.39, 0.29) is 5.82 Å². The van der Waals surface area contributed by atoms with Gasteiger partial charge >= 0.3 is 0 Å². The molecule has 0 fully saturated rings. The third-order valence-electron chi connectivity index (χ3n) is 3.66. The molecule has 4 rings (SSSR count). The number of halogens is 3. The summed E-state index contributed by atoms with van der Waals surface area (Å²) in [5, 5.41) is 13.1. The average Bonchev–Trinajstić information content (AvgIpc) is 3.02. The van der Waals surface area contributed by atoms with E-state index in [4.69, 9.17) is 0 Å². The molecular weight excluding hydrogens is 361 g/mol. The quantitative estimate of drug-likeness (QED) is 0.495. The summed E-state index contributed by atoms with van der Waals surface area (Å²) >= 11 is 1.27. The van der Waals surface area contributed by atoms with Gasteiger partial charge in [-0.2, -0.15) is 9.61 Å². The molecule has 0 amide bonds. The molecule has 0 aliphatic rings. The van der Waals surface area contributed by atoms with Crippen LogP contribution in [-0.4, -0.2) is 19.8 Å². The van der Waals surface area contributed by atoms with E-state index in [0.717, 1.165) is 11.6 Å². The lowest BCUT2D eigenvalue weighted by Crippen LogP contribution is -1.97. The summed E-state index contributed by atoms with van der Waals surface area (Å²) in [4.78, 5) is 0. The van der Waals surface area contributed by atoms with Crippen molar-refractivity contribution in [2.45, 2.75) is 10.9 Å². The number of fused-ring (bicyclic) bond motifs is 1. The lowest BCUT2D eigenvalue weighted by molar-refractivity contribution is 0.581. The van der Waals surface area contributed by atoms with Gasteiger partial charge < -0.3 is 0 Å². The summed E-state index contributed by atoms with van der Waals surface area (Å²) in [6.45, 7) is 0. The van der Waals surface area contributed by atoms with Crippen molar-refractivity contribution in [1.29, 1.82) is 0 Å².